The van der Waals surface area contributed by atoms with E-state index in [1.165, 1.54) is 12.0 Å². The lowest BCUT2D eigenvalue weighted by atomic mass is 10.1. The first-order valence-corrected chi connectivity index (χ1v) is 5.73. The summed E-state index contributed by atoms with van der Waals surface area (Å²) in [4.78, 5) is 24.7. The van der Waals surface area contributed by atoms with Crippen molar-refractivity contribution in [3.63, 3.8) is 0 Å². The third-order valence-corrected chi connectivity index (χ3v) is 3.06. The van der Waals surface area contributed by atoms with Gasteiger partial charge in [0.15, 0.2) is 0 Å². The summed E-state index contributed by atoms with van der Waals surface area (Å²) in [5.41, 5.74) is 0.944. The number of hydrogen-bond donors (Lipinski definition) is 0. The zero-order valence-corrected chi connectivity index (χ0v) is 10.3. The van der Waals surface area contributed by atoms with E-state index in [1.807, 2.05) is 30.3 Å². The van der Waals surface area contributed by atoms with E-state index in [0.717, 1.165) is 5.56 Å². The van der Waals surface area contributed by atoms with Crippen LogP contribution >= 0.6 is 0 Å². The van der Waals surface area contributed by atoms with Gasteiger partial charge in [0.2, 0.25) is 0 Å². The molecule has 0 aromatic heterocycles. The number of esters is 1. The minimum atomic E-state index is -0.657. The van der Waals surface area contributed by atoms with Crippen molar-refractivity contribution in [3.8, 4) is 0 Å². The molecule has 0 bridgehead atoms. The zero-order valence-electron chi connectivity index (χ0n) is 10.3. The lowest BCUT2D eigenvalue weighted by molar-refractivity contribution is -0.145. The van der Waals surface area contributed by atoms with Crippen LogP contribution in [-0.4, -0.2) is 36.7 Å². The quantitative estimate of drug-likeness (QED) is 0.766. The van der Waals surface area contributed by atoms with Gasteiger partial charge in [-0.25, -0.2) is 9.59 Å². The summed E-state index contributed by atoms with van der Waals surface area (Å²) in [7, 11) is 1.30. The average molecular weight is 249 g/mol. The predicted molar refractivity (Wildman–Crippen MR) is 63.8 cm³/mol. The molecule has 1 heterocycles. The van der Waals surface area contributed by atoms with Crippen molar-refractivity contribution >= 4 is 12.1 Å². The maximum Gasteiger partial charge on any atom is 0.411 e. The molecule has 1 unspecified atom stereocenters. The van der Waals surface area contributed by atoms with Crippen LogP contribution in [0, 0.1) is 0 Å². The second-order valence-electron chi connectivity index (χ2n) is 4.11. The fraction of sp³-hybridized carbons (Fsp3) is 0.385. The summed E-state index contributed by atoms with van der Waals surface area (Å²) < 4.78 is 9.70. The molecule has 18 heavy (non-hydrogen) atoms. The summed E-state index contributed by atoms with van der Waals surface area (Å²) in [5.74, 6) is -0.449. The fourth-order valence-corrected chi connectivity index (χ4v) is 2.08. The molecule has 1 fully saturated rings. The second-order valence-corrected chi connectivity index (χ2v) is 4.11. The number of amides is 1. The topological polar surface area (TPSA) is 55.8 Å². The number of hydrogen-bond acceptors (Lipinski definition) is 4. The fourth-order valence-electron chi connectivity index (χ4n) is 2.08. The first-order valence-electron chi connectivity index (χ1n) is 5.73. The van der Waals surface area contributed by atoms with E-state index in [4.69, 9.17) is 4.74 Å². The van der Waals surface area contributed by atoms with Crippen LogP contribution in [0.5, 0.6) is 0 Å². The smallest absolute Gasteiger partial charge is 0.411 e. The van der Waals surface area contributed by atoms with Crippen LogP contribution in [0.2, 0.25) is 0 Å². The first kappa shape index (κ1) is 12.4. The molecule has 2 rings (SSSR count). The Morgan fingerprint density at radius 3 is 2.72 bits per heavy atom. The lowest BCUT2D eigenvalue weighted by Crippen LogP contribution is -2.41. The monoisotopic (exact) mass is 249 g/mol. The Morgan fingerprint density at radius 2 is 2.11 bits per heavy atom. The van der Waals surface area contributed by atoms with E-state index in [1.54, 1.807) is 6.92 Å². The van der Waals surface area contributed by atoms with Gasteiger partial charge in [0.1, 0.15) is 12.6 Å². The van der Waals surface area contributed by atoms with E-state index in [-0.39, 0.29) is 12.6 Å². The van der Waals surface area contributed by atoms with Crippen LogP contribution in [-0.2, 0) is 14.3 Å². The minimum absolute atomic E-state index is 0.243. The third kappa shape index (κ3) is 2.16. The maximum atomic E-state index is 11.7. The van der Waals surface area contributed by atoms with Crippen molar-refractivity contribution in [2.75, 3.05) is 13.7 Å². The number of cyclic esters (lactones) is 1. The van der Waals surface area contributed by atoms with Gasteiger partial charge in [-0.05, 0) is 12.5 Å². The maximum absolute atomic E-state index is 11.7. The molecular formula is C13H15NO4. The highest BCUT2D eigenvalue weighted by atomic mass is 16.6. The lowest BCUT2D eigenvalue weighted by Gasteiger charge is -2.26. The molecule has 2 atom stereocenters. The van der Waals surface area contributed by atoms with Crippen LogP contribution in [0.25, 0.3) is 0 Å². The SMILES string of the molecule is COC(=O)C(C)N1C(=O)OC[C@@H]1c1ccccc1. The Bertz CT molecular complexity index is 446. The molecule has 0 aliphatic carbocycles. The Kier molecular flexibility index (Phi) is 3.50. The van der Waals surface area contributed by atoms with E-state index < -0.39 is 18.1 Å². The predicted octanol–water partition coefficient (Wildman–Crippen LogP) is 1.74. The van der Waals surface area contributed by atoms with E-state index >= 15 is 0 Å². The summed E-state index contributed by atoms with van der Waals surface area (Å²) in [6.45, 7) is 1.89. The van der Waals surface area contributed by atoms with Crippen LogP contribution in [0.3, 0.4) is 0 Å². The summed E-state index contributed by atoms with van der Waals surface area (Å²) in [5, 5.41) is 0. The molecule has 1 saturated heterocycles. The van der Waals surface area contributed by atoms with Gasteiger partial charge in [-0.2, -0.15) is 0 Å². The summed E-state index contributed by atoms with van der Waals surface area (Å²) >= 11 is 0. The largest absolute Gasteiger partial charge is 0.467 e. The third-order valence-electron chi connectivity index (χ3n) is 3.06. The van der Waals surface area contributed by atoms with Crippen LogP contribution in [0.1, 0.15) is 18.5 Å². The van der Waals surface area contributed by atoms with Gasteiger partial charge in [-0.1, -0.05) is 30.3 Å². The average Bonchev–Trinajstić information content (AvgIpc) is 2.80. The van der Waals surface area contributed by atoms with Gasteiger partial charge >= 0.3 is 12.1 Å². The van der Waals surface area contributed by atoms with E-state index in [2.05, 4.69) is 4.74 Å². The normalized spacial score (nSPS) is 20.4. The van der Waals surface area contributed by atoms with Gasteiger partial charge in [-0.3, -0.25) is 4.90 Å². The van der Waals surface area contributed by atoms with Crippen LogP contribution in [0.15, 0.2) is 30.3 Å². The van der Waals surface area contributed by atoms with E-state index in [9.17, 15) is 9.59 Å². The van der Waals surface area contributed by atoms with Gasteiger partial charge in [0.25, 0.3) is 0 Å². The van der Waals surface area contributed by atoms with Crippen molar-refractivity contribution in [2.24, 2.45) is 0 Å². The van der Waals surface area contributed by atoms with Crippen molar-refractivity contribution in [2.45, 2.75) is 19.0 Å². The van der Waals surface area contributed by atoms with Crippen molar-refractivity contribution in [1.82, 2.24) is 4.90 Å². The zero-order chi connectivity index (χ0) is 13.1. The molecule has 0 spiro atoms. The molecule has 1 aromatic rings. The molecule has 5 heteroatoms. The Balaban J connectivity index is 2.26. The van der Waals surface area contributed by atoms with Crippen molar-refractivity contribution < 1.29 is 19.1 Å². The number of ether oxygens (including phenoxy) is 2. The van der Waals surface area contributed by atoms with Gasteiger partial charge < -0.3 is 9.47 Å². The summed E-state index contributed by atoms with van der Waals surface area (Å²) in [6, 6.07) is 8.59. The number of benzene rings is 1. The second kappa shape index (κ2) is 5.08. The highest BCUT2D eigenvalue weighted by molar-refractivity contribution is 5.82. The standard InChI is InChI=1S/C13H15NO4/c1-9(12(15)17-2)14-11(8-18-13(14)16)10-6-4-3-5-7-10/h3-7,9,11H,8H2,1-2H3/t9?,11-/m1/s1. The Hall–Kier alpha value is -2.04. The van der Waals surface area contributed by atoms with Crippen molar-refractivity contribution in [3.05, 3.63) is 35.9 Å². The van der Waals surface area contributed by atoms with E-state index in [0.29, 0.717) is 0 Å². The highest BCUT2D eigenvalue weighted by Gasteiger charge is 2.40. The highest BCUT2D eigenvalue weighted by Crippen LogP contribution is 2.29. The molecule has 0 N–H and O–H groups in total. The molecule has 1 amide bonds. The van der Waals surface area contributed by atoms with Gasteiger partial charge in [-0.15, -0.1) is 0 Å². The molecule has 0 saturated carbocycles. The van der Waals surface area contributed by atoms with Crippen LogP contribution in [0.4, 0.5) is 4.79 Å². The van der Waals surface area contributed by atoms with Gasteiger partial charge in [0, 0.05) is 0 Å². The molecule has 1 aliphatic rings. The number of carbonyl (C=O) groups is 2. The number of rotatable bonds is 3. The minimum Gasteiger partial charge on any atom is -0.467 e. The molecule has 0 radical (unpaired) electrons. The number of carbonyl (C=O) groups excluding carboxylic acids is 2. The Labute approximate surface area is 105 Å². The molecule has 1 aromatic carbocycles. The molecule has 1 aliphatic heterocycles. The molecule has 5 nitrogen and oxygen atoms in total. The molecule has 96 valence electrons. The first-order chi connectivity index (χ1) is 8.65. The van der Waals surface area contributed by atoms with Crippen LogP contribution < -0.4 is 0 Å². The summed E-state index contributed by atoms with van der Waals surface area (Å²) in [6.07, 6.45) is -0.484. The van der Waals surface area contributed by atoms with Crippen molar-refractivity contribution in [1.29, 1.82) is 0 Å². The number of methoxy groups -OCH3 is 1. The molecular weight excluding hydrogens is 234 g/mol. The Morgan fingerprint density at radius 1 is 1.44 bits per heavy atom. The number of nitrogens with zero attached hydrogens (tertiary/aromatic N) is 1. The van der Waals surface area contributed by atoms with Gasteiger partial charge in [0.05, 0.1) is 13.2 Å².